The molecule has 0 aliphatic carbocycles. The van der Waals surface area contributed by atoms with Crippen molar-refractivity contribution in [2.75, 3.05) is 13.1 Å². The lowest BCUT2D eigenvalue weighted by atomic mass is 10.0. The molecule has 2 heterocycles. The van der Waals surface area contributed by atoms with Crippen LogP contribution in [0.25, 0.3) is 5.69 Å². The van der Waals surface area contributed by atoms with Gasteiger partial charge in [0.1, 0.15) is 0 Å². The fraction of sp³-hybridized carbons (Fsp3) is 0.400. The van der Waals surface area contributed by atoms with Crippen LogP contribution in [0, 0.1) is 13.8 Å². The summed E-state index contributed by atoms with van der Waals surface area (Å²) >= 11 is 0. The van der Waals surface area contributed by atoms with Crippen LogP contribution >= 0.6 is 0 Å². The Hall–Kier alpha value is -1.61. The molecule has 1 aliphatic heterocycles. The predicted molar refractivity (Wildman–Crippen MR) is 73.3 cm³/mol. The predicted octanol–water partition coefficient (Wildman–Crippen LogP) is 2.57. The van der Waals surface area contributed by atoms with E-state index in [1.807, 2.05) is 12.5 Å². The molecule has 1 unspecified atom stereocenters. The molecule has 0 amide bonds. The van der Waals surface area contributed by atoms with Crippen LogP contribution in [-0.2, 0) is 0 Å². The lowest BCUT2D eigenvalue weighted by Gasteiger charge is -2.14. The summed E-state index contributed by atoms with van der Waals surface area (Å²) in [7, 11) is 0. The van der Waals surface area contributed by atoms with Crippen molar-refractivity contribution < 1.29 is 0 Å². The van der Waals surface area contributed by atoms with Gasteiger partial charge in [0.15, 0.2) is 0 Å². The van der Waals surface area contributed by atoms with E-state index in [0.29, 0.717) is 5.92 Å². The van der Waals surface area contributed by atoms with Gasteiger partial charge in [0.05, 0.1) is 6.33 Å². The van der Waals surface area contributed by atoms with E-state index in [0.717, 1.165) is 13.1 Å². The number of aromatic nitrogens is 2. The summed E-state index contributed by atoms with van der Waals surface area (Å²) in [4.78, 5) is 4.34. The van der Waals surface area contributed by atoms with Crippen molar-refractivity contribution in [2.45, 2.75) is 26.2 Å². The second kappa shape index (κ2) is 4.58. The van der Waals surface area contributed by atoms with Gasteiger partial charge >= 0.3 is 0 Å². The lowest BCUT2D eigenvalue weighted by molar-refractivity contribution is 0.713. The number of nitrogens with one attached hydrogen (secondary N) is 1. The normalized spacial score (nSPS) is 19.3. The van der Waals surface area contributed by atoms with Gasteiger partial charge in [-0.05, 0) is 50.1 Å². The summed E-state index contributed by atoms with van der Waals surface area (Å²) in [6.45, 7) is 6.47. The van der Waals surface area contributed by atoms with E-state index in [1.54, 1.807) is 0 Å². The minimum atomic E-state index is 0.591. The van der Waals surface area contributed by atoms with Gasteiger partial charge in [0.25, 0.3) is 0 Å². The smallest absolute Gasteiger partial charge is 0.0994 e. The first-order chi connectivity index (χ1) is 8.74. The molecule has 1 aromatic heterocycles. The van der Waals surface area contributed by atoms with Crippen molar-refractivity contribution in [1.82, 2.24) is 14.9 Å². The molecule has 1 aliphatic rings. The van der Waals surface area contributed by atoms with E-state index in [-0.39, 0.29) is 0 Å². The third kappa shape index (κ3) is 2.06. The maximum atomic E-state index is 4.34. The fourth-order valence-electron chi connectivity index (χ4n) is 2.82. The largest absolute Gasteiger partial charge is 0.316 e. The molecule has 0 saturated carbocycles. The molecule has 0 radical (unpaired) electrons. The zero-order valence-corrected chi connectivity index (χ0v) is 11.0. The van der Waals surface area contributed by atoms with Gasteiger partial charge in [-0.25, -0.2) is 4.98 Å². The molecule has 1 fully saturated rings. The number of hydrogen-bond donors (Lipinski definition) is 1. The summed E-state index contributed by atoms with van der Waals surface area (Å²) < 4.78 is 2.23. The van der Waals surface area contributed by atoms with E-state index in [9.17, 15) is 0 Å². The first-order valence-corrected chi connectivity index (χ1v) is 6.55. The van der Waals surface area contributed by atoms with Crippen LogP contribution in [0.3, 0.4) is 0 Å². The SMILES string of the molecule is Cc1cc(C)cc(-n2cncc2C2CCNC2)c1. The summed E-state index contributed by atoms with van der Waals surface area (Å²) in [6.07, 6.45) is 5.15. The number of nitrogens with zero attached hydrogens (tertiary/aromatic N) is 2. The molecule has 3 nitrogen and oxygen atoms in total. The number of aryl methyl sites for hydroxylation is 2. The van der Waals surface area contributed by atoms with Gasteiger partial charge in [0.2, 0.25) is 0 Å². The Bertz CT molecular complexity index is 530. The molecule has 1 atom stereocenters. The van der Waals surface area contributed by atoms with Gasteiger partial charge in [-0.15, -0.1) is 0 Å². The quantitative estimate of drug-likeness (QED) is 0.875. The van der Waals surface area contributed by atoms with Gasteiger partial charge in [-0.3, -0.25) is 0 Å². The van der Waals surface area contributed by atoms with Crippen molar-refractivity contribution in [3.63, 3.8) is 0 Å². The van der Waals surface area contributed by atoms with Crippen LogP contribution in [0.15, 0.2) is 30.7 Å². The maximum absolute atomic E-state index is 4.34. The van der Waals surface area contributed by atoms with Crippen molar-refractivity contribution in [3.05, 3.63) is 47.5 Å². The van der Waals surface area contributed by atoms with Gasteiger partial charge in [0, 0.05) is 30.0 Å². The Kier molecular flexibility index (Phi) is 2.92. The highest BCUT2D eigenvalue weighted by Crippen LogP contribution is 2.25. The second-order valence-electron chi connectivity index (χ2n) is 5.22. The van der Waals surface area contributed by atoms with E-state index >= 15 is 0 Å². The Morgan fingerprint density at radius 2 is 2.00 bits per heavy atom. The van der Waals surface area contributed by atoms with E-state index < -0.39 is 0 Å². The van der Waals surface area contributed by atoms with Gasteiger partial charge in [-0.2, -0.15) is 0 Å². The average Bonchev–Trinajstić information content (AvgIpc) is 2.98. The fourth-order valence-corrected chi connectivity index (χ4v) is 2.82. The molecule has 94 valence electrons. The van der Waals surface area contributed by atoms with Crippen molar-refractivity contribution in [2.24, 2.45) is 0 Å². The highest BCUT2D eigenvalue weighted by molar-refractivity contribution is 5.41. The highest BCUT2D eigenvalue weighted by Gasteiger charge is 2.20. The molecular formula is C15H19N3. The summed E-state index contributed by atoms with van der Waals surface area (Å²) in [5.74, 6) is 0.591. The van der Waals surface area contributed by atoms with Crippen LogP contribution in [0.5, 0.6) is 0 Å². The topological polar surface area (TPSA) is 29.9 Å². The van der Waals surface area contributed by atoms with E-state index in [4.69, 9.17) is 0 Å². The molecule has 3 rings (SSSR count). The zero-order chi connectivity index (χ0) is 12.5. The minimum Gasteiger partial charge on any atom is -0.316 e. The van der Waals surface area contributed by atoms with Crippen LogP contribution in [0.1, 0.15) is 29.2 Å². The van der Waals surface area contributed by atoms with Crippen molar-refractivity contribution in [3.8, 4) is 5.69 Å². The van der Waals surface area contributed by atoms with Crippen LogP contribution in [0.4, 0.5) is 0 Å². The summed E-state index contributed by atoms with van der Waals surface area (Å²) in [5, 5.41) is 3.42. The van der Waals surface area contributed by atoms with Gasteiger partial charge < -0.3 is 9.88 Å². The van der Waals surface area contributed by atoms with Crippen LogP contribution in [0.2, 0.25) is 0 Å². The molecular weight excluding hydrogens is 222 g/mol. The third-order valence-electron chi connectivity index (χ3n) is 3.63. The summed E-state index contributed by atoms with van der Waals surface area (Å²) in [6, 6.07) is 6.65. The molecule has 1 saturated heterocycles. The Labute approximate surface area is 108 Å². The average molecular weight is 241 g/mol. The Balaban J connectivity index is 2.03. The standard InChI is InChI=1S/C15H19N3/c1-11-5-12(2)7-14(6-11)18-10-17-9-15(18)13-3-4-16-8-13/h5-7,9-10,13,16H,3-4,8H2,1-2H3. The number of imidazole rings is 1. The molecule has 2 aromatic rings. The number of hydrogen-bond acceptors (Lipinski definition) is 2. The van der Waals surface area contributed by atoms with E-state index in [1.165, 1.54) is 28.9 Å². The minimum absolute atomic E-state index is 0.591. The van der Waals surface area contributed by atoms with Gasteiger partial charge in [-0.1, -0.05) is 6.07 Å². The van der Waals surface area contributed by atoms with E-state index in [2.05, 4.69) is 46.9 Å². The third-order valence-corrected chi connectivity index (χ3v) is 3.63. The Morgan fingerprint density at radius 3 is 2.67 bits per heavy atom. The molecule has 18 heavy (non-hydrogen) atoms. The summed E-state index contributed by atoms with van der Waals surface area (Å²) in [5.41, 5.74) is 5.15. The molecule has 1 N–H and O–H groups in total. The first-order valence-electron chi connectivity index (χ1n) is 6.55. The second-order valence-corrected chi connectivity index (χ2v) is 5.22. The number of benzene rings is 1. The maximum Gasteiger partial charge on any atom is 0.0994 e. The monoisotopic (exact) mass is 241 g/mol. The van der Waals surface area contributed by atoms with Crippen molar-refractivity contribution >= 4 is 0 Å². The highest BCUT2D eigenvalue weighted by atomic mass is 15.1. The Morgan fingerprint density at radius 1 is 1.22 bits per heavy atom. The molecule has 3 heteroatoms. The molecule has 1 aromatic carbocycles. The molecule has 0 spiro atoms. The first kappa shape index (κ1) is 11.5. The lowest BCUT2D eigenvalue weighted by Crippen LogP contribution is -2.10. The van der Waals surface area contributed by atoms with Crippen LogP contribution in [-0.4, -0.2) is 22.6 Å². The molecule has 0 bridgehead atoms. The zero-order valence-electron chi connectivity index (χ0n) is 11.0. The number of rotatable bonds is 2. The van der Waals surface area contributed by atoms with Crippen molar-refractivity contribution in [1.29, 1.82) is 0 Å². The van der Waals surface area contributed by atoms with Crippen LogP contribution < -0.4 is 5.32 Å².